The summed E-state index contributed by atoms with van der Waals surface area (Å²) in [5.74, 6) is 0. The lowest BCUT2D eigenvalue weighted by Crippen LogP contribution is -1.85. The van der Waals surface area contributed by atoms with E-state index in [1.165, 1.54) is 5.56 Å². The number of H-pyrrole nitrogens is 1. The zero-order valence-corrected chi connectivity index (χ0v) is 8.56. The number of rotatable bonds is 2. The summed E-state index contributed by atoms with van der Waals surface area (Å²) in [6.07, 6.45) is 0.991. The zero-order chi connectivity index (χ0) is 10.1. The van der Waals surface area contributed by atoms with Gasteiger partial charge in [-0.1, -0.05) is 13.0 Å². The Balaban J connectivity index is 2.60. The first-order chi connectivity index (χ1) is 6.70. The number of nitrogens with one attached hydrogen (secondary N) is 1. The smallest absolute Gasteiger partial charge is 0.268 e. The Labute approximate surface area is 86.9 Å². The molecule has 0 saturated heterocycles. The highest BCUT2D eigenvalue weighted by molar-refractivity contribution is 6.67. The number of carbonyl (C=O) groups is 1. The molecule has 2 aromatic rings. The van der Waals surface area contributed by atoms with Crippen molar-refractivity contribution in [3.05, 3.63) is 35.5 Å². The predicted molar refractivity (Wildman–Crippen MR) is 57.9 cm³/mol. The maximum absolute atomic E-state index is 10.9. The van der Waals surface area contributed by atoms with E-state index in [0.29, 0.717) is 5.69 Å². The Bertz CT molecular complexity index is 487. The molecule has 1 aromatic carbocycles. The van der Waals surface area contributed by atoms with Crippen molar-refractivity contribution in [2.24, 2.45) is 0 Å². The predicted octanol–water partition coefficient (Wildman–Crippen LogP) is 3.11. The van der Waals surface area contributed by atoms with Crippen molar-refractivity contribution < 1.29 is 4.79 Å². The molecule has 0 saturated carbocycles. The lowest BCUT2D eigenvalue weighted by atomic mass is 10.1. The van der Waals surface area contributed by atoms with Crippen LogP contribution in [0.15, 0.2) is 24.3 Å². The Morgan fingerprint density at radius 2 is 2.21 bits per heavy atom. The maximum Gasteiger partial charge on any atom is 0.268 e. The van der Waals surface area contributed by atoms with E-state index in [-0.39, 0.29) is 0 Å². The number of aromatic amines is 1. The molecule has 14 heavy (non-hydrogen) atoms. The van der Waals surface area contributed by atoms with Crippen LogP contribution in [0.1, 0.15) is 23.0 Å². The lowest BCUT2D eigenvalue weighted by molar-refractivity contribution is 0.107. The molecule has 2 nitrogen and oxygen atoms in total. The second-order valence-corrected chi connectivity index (χ2v) is 3.58. The fraction of sp³-hybridized carbons (Fsp3) is 0.182. The van der Waals surface area contributed by atoms with Crippen molar-refractivity contribution in [1.29, 1.82) is 0 Å². The summed E-state index contributed by atoms with van der Waals surface area (Å²) in [6, 6.07) is 7.86. The van der Waals surface area contributed by atoms with Crippen LogP contribution in [-0.2, 0) is 6.42 Å². The fourth-order valence-electron chi connectivity index (χ4n) is 1.51. The maximum atomic E-state index is 10.9. The molecule has 0 fully saturated rings. The van der Waals surface area contributed by atoms with Gasteiger partial charge in [-0.15, -0.1) is 0 Å². The van der Waals surface area contributed by atoms with E-state index < -0.39 is 5.24 Å². The van der Waals surface area contributed by atoms with E-state index in [2.05, 4.69) is 18.0 Å². The number of benzene rings is 1. The second-order valence-electron chi connectivity index (χ2n) is 3.23. The minimum atomic E-state index is -0.445. The van der Waals surface area contributed by atoms with E-state index in [0.717, 1.165) is 17.3 Å². The molecular formula is C11H10ClNO. The number of aryl methyl sites for hydroxylation is 1. The minimum Gasteiger partial charge on any atom is -0.351 e. The minimum absolute atomic E-state index is 0.445. The standard InChI is InChI=1S/C11H10ClNO/c1-2-7-3-4-9-8(5-7)6-10(13-9)11(12)14/h3-6,13H,2H2,1H3. The fourth-order valence-corrected chi connectivity index (χ4v) is 1.61. The Kier molecular flexibility index (Phi) is 2.30. The van der Waals surface area contributed by atoms with Crippen molar-refractivity contribution in [1.82, 2.24) is 4.98 Å². The summed E-state index contributed by atoms with van der Waals surface area (Å²) in [7, 11) is 0. The molecule has 72 valence electrons. The average molecular weight is 208 g/mol. The number of halogens is 1. The highest BCUT2D eigenvalue weighted by atomic mass is 35.5. The molecule has 1 heterocycles. The van der Waals surface area contributed by atoms with E-state index in [1.807, 2.05) is 12.1 Å². The molecule has 0 spiro atoms. The monoisotopic (exact) mass is 207 g/mol. The summed E-state index contributed by atoms with van der Waals surface area (Å²) in [6.45, 7) is 2.10. The molecule has 0 radical (unpaired) electrons. The van der Waals surface area contributed by atoms with Crippen LogP contribution >= 0.6 is 11.6 Å². The lowest BCUT2D eigenvalue weighted by Gasteiger charge is -1.94. The Morgan fingerprint density at radius 1 is 1.43 bits per heavy atom. The number of aromatic nitrogens is 1. The van der Waals surface area contributed by atoms with Crippen molar-refractivity contribution in [2.75, 3.05) is 0 Å². The molecule has 0 bridgehead atoms. The van der Waals surface area contributed by atoms with Gasteiger partial charge in [-0.05, 0) is 41.8 Å². The summed E-state index contributed by atoms with van der Waals surface area (Å²) < 4.78 is 0. The van der Waals surface area contributed by atoms with Gasteiger partial charge in [-0.3, -0.25) is 4.79 Å². The van der Waals surface area contributed by atoms with Crippen molar-refractivity contribution in [2.45, 2.75) is 13.3 Å². The van der Waals surface area contributed by atoms with Crippen LogP contribution in [0.25, 0.3) is 10.9 Å². The van der Waals surface area contributed by atoms with Crippen molar-refractivity contribution >= 4 is 27.7 Å². The van der Waals surface area contributed by atoms with Crippen molar-refractivity contribution in [3.8, 4) is 0 Å². The third-order valence-corrected chi connectivity index (χ3v) is 2.51. The third-order valence-electron chi connectivity index (χ3n) is 2.31. The zero-order valence-electron chi connectivity index (χ0n) is 7.80. The molecular weight excluding hydrogens is 198 g/mol. The van der Waals surface area contributed by atoms with Crippen LogP contribution in [-0.4, -0.2) is 10.2 Å². The third kappa shape index (κ3) is 1.53. The van der Waals surface area contributed by atoms with Crippen LogP contribution in [0, 0.1) is 0 Å². The average Bonchev–Trinajstić information content (AvgIpc) is 2.59. The summed E-state index contributed by atoms with van der Waals surface area (Å²) in [5, 5.41) is 0.590. The molecule has 2 rings (SSSR count). The van der Waals surface area contributed by atoms with Gasteiger partial charge < -0.3 is 4.98 Å². The first-order valence-electron chi connectivity index (χ1n) is 4.52. The quantitative estimate of drug-likeness (QED) is 0.755. The van der Waals surface area contributed by atoms with Crippen LogP contribution < -0.4 is 0 Å². The molecule has 0 amide bonds. The van der Waals surface area contributed by atoms with Crippen LogP contribution in [0.3, 0.4) is 0 Å². The van der Waals surface area contributed by atoms with Gasteiger partial charge in [-0.2, -0.15) is 0 Å². The first kappa shape index (κ1) is 9.28. The summed E-state index contributed by atoms with van der Waals surface area (Å²) in [4.78, 5) is 13.9. The Morgan fingerprint density at radius 3 is 2.86 bits per heavy atom. The molecule has 1 aromatic heterocycles. The van der Waals surface area contributed by atoms with E-state index >= 15 is 0 Å². The molecule has 0 unspecified atom stereocenters. The van der Waals surface area contributed by atoms with E-state index in [9.17, 15) is 4.79 Å². The second kappa shape index (κ2) is 3.46. The summed E-state index contributed by atoms with van der Waals surface area (Å²) >= 11 is 5.38. The molecule has 0 aliphatic heterocycles. The number of hydrogen-bond acceptors (Lipinski definition) is 1. The van der Waals surface area contributed by atoms with Gasteiger partial charge in [0, 0.05) is 10.9 Å². The van der Waals surface area contributed by atoms with Crippen LogP contribution in [0.4, 0.5) is 0 Å². The van der Waals surface area contributed by atoms with Gasteiger partial charge in [0.2, 0.25) is 0 Å². The van der Waals surface area contributed by atoms with Crippen LogP contribution in [0.2, 0.25) is 0 Å². The Hall–Kier alpha value is -1.28. The molecule has 1 N–H and O–H groups in total. The SMILES string of the molecule is CCc1ccc2[nH]c(C(=O)Cl)cc2c1. The van der Waals surface area contributed by atoms with Gasteiger partial charge in [0.15, 0.2) is 0 Å². The highest BCUT2D eigenvalue weighted by Gasteiger charge is 2.06. The number of hydrogen-bond donors (Lipinski definition) is 1. The van der Waals surface area contributed by atoms with E-state index in [1.54, 1.807) is 6.07 Å². The van der Waals surface area contributed by atoms with Gasteiger partial charge in [-0.25, -0.2) is 0 Å². The molecule has 3 heteroatoms. The van der Waals surface area contributed by atoms with Gasteiger partial charge in [0.05, 0.1) is 5.69 Å². The topological polar surface area (TPSA) is 32.9 Å². The van der Waals surface area contributed by atoms with Gasteiger partial charge >= 0.3 is 0 Å². The molecule has 0 aliphatic carbocycles. The van der Waals surface area contributed by atoms with Crippen molar-refractivity contribution in [3.63, 3.8) is 0 Å². The first-order valence-corrected chi connectivity index (χ1v) is 4.90. The van der Waals surface area contributed by atoms with E-state index in [4.69, 9.17) is 11.6 Å². The number of fused-ring (bicyclic) bond motifs is 1. The summed E-state index contributed by atoms with van der Waals surface area (Å²) in [5.41, 5.74) is 2.66. The highest BCUT2D eigenvalue weighted by Crippen LogP contribution is 2.18. The molecule has 0 atom stereocenters. The van der Waals surface area contributed by atoms with Gasteiger partial charge in [0.25, 0.3) is 5.24 Å². The number of carbonyl (C=O) groups excluding carboxylic acids is 1. The largest absolute Gasteiger partial charge is 0.351 e. The molecule has 0 aliphatic rings. The van der Waals surface area contributed by atoms with Gasteiger partial charge in [0.1, 0.15) is 0 Å². The van der Waals surface area contributed by atoms with Crippen LogP contribution in [0.5, 0.6) is 0 Å². The normalized spacial score (nSPS) is 10.7.